The molecule has 150 valence electrons. The van der Waals surface area contributed by atoms with Gasteiger partial charge in [-0.3, -0.25) is 5.43 Å². The third-order valence-electron chi connectivity index (χ3n) is 4.51. The van der Waals surface area contributed by atoms with Gasteiger partial charge in [-0.2, -0.15) is 0 Å². The SMILES string of the molecule is COc1cc(N2CCC(Oc3ccc(NNC(=O)O)cn3)C(C)C2)c(Cl)cn1. The molecule has 3 rings (SSSR count). The second-order valence-electron chi connectivity index (χ2n) is 6.49. The quantitative estimate of drug-likeness (QED) is 0.627. The van der Waals surface area contributed by atoms with Crippen LogP contribution in [0.5, 0.6) is 11.8 Å². The number of carboxylic acid groups (broad SMARTS) is 1. The summed E-state index contributed by atoms with van der Waals surface area (Å²) < 4.78 is 11.2. The third kappa shape index (κ3) is 4.86. The van der Waals surface area contributed by atoms with Crippen LogP contribution in [0.3, 0.4) is 0 Å². The van der Waals surface area contributed by atoms with Crippen molar-refractivity contribution in [2.24, 2.45) is 5.92 Å². The number of aromatic nitrogens is 2. The second kappa shape index (κ2) is 8.83. The van der Waals surface area contributed by atoms with E-state index in [4.69, 9.17) is 26.2 Å². The Bertz CT molecular complexity index is 820. The average Bonchev–Trinajstić information content (AvgIpc) is 2.69. The number of rotatable bonds is 6. The van der Waals surface area contributed by atoms with Crippen molar-refractivity contribution >= 4 is 29.1 Å². The summed E-state index contributed by atoms with van der Waals surface area (Å²) in [6.07, 6.45) is 2.76. The summed E-state index contributed by atoms with van der Waals surface area (Å²) in [5.74, 6) is 1.27. The van der Waals surface area contributed by atoms with Gasteiger partial charge in [-0.05, 0) is 6.07 Å². The van der Waals surface area contributed by atoms with Crippen LogP contribution in [0.4, 0.5) is 16.2 Å². The van der Waals surface area contributed by atoms with Crippen LogP contribution in [0.25, 0.3) is 0 Å². The molecule has 0 saturated carbocycles. The minimum absolute atomic E-state index is 0.0159. The zero-order valence-corrected chi connectivity index (χ0v) is 16.3. The monoisotopic (exact) mass is 407 g/mol. The molecule has 10 heteroatoms. The summed E-state index contributed by atoms with van der Waals surface area (Å²) in [5.41, 5.74) is 6.01. The molecule has 9 nitrogen and oxygen atoms in total. The number of ether oxygens (including phenoxy) is 2. The first-order chi connectivity index (χ1) is 13.5. The van der Waals surface area contributed by atoms with Gasteiger partial charge >= 0.3 is 6.09 Å². The van der Waals surface area contributed by atoms with E-state index < -0.39 is 6.09 Å². The molecule has 3 heterocycles. The Morgan fingerprint density at radius 1 is 1.32 bits per heavy atom. The standard InChI is InChI=1S/C18H22ClN5O4/c1-11-10-24(14-7-17(27-2)21-9-13(14)19)6-5-15(11)28-16-4-3-12(8-20-16)22-23-18(25)26/h3-4,7-9,11,15,22-23H,5-6,10H2,1-2H3,(H,25,26). The number of halogens is 1. The fourth-order valence-corrected chi connectivity index (χ4v) is 3.31. The van der Waals surface area contributed by atoms with Crippen molar-refractivity contribution in [3.63, 3.8) is 0 Å². The van der Waals surface area contributed by atoms with E-state index in [1.165, 1.54) is 6.20 Å². The average molecular weight is 408 g/mol. The van der Waals surface area contributed by atoms with Crippen LogP contribution in [0.2, 0.25) is 5.02 Å². The van der Waals surface area contributed by atoms with Crippen molar-refractivity contribution < 1.29 is 19.4 Å². The number of piperidine rings is 1. The van der Waals surface area contributed by atoms with Gasteiger partial charge in [-0.1, -0.05) is 18.5 Å². The summed E-state index contributed by atoms with van der Waals surface area (Å²) in [5, 5.41) is 9.17. The number of nitrogens with one attached hydrogen (secondary N) is 2. The van der Waals surface area contributed by atoms with Gasteiger partial charge in [0.15, 0.2) is 0 Å². The molecule has 0 radical (unpaired) electrons. The molecule has 1 fully saturated rings. The van der Waals surface area contributed by atoms with Gasteiger partial charge in [0.1, 0.15) is 6.10 Å². The summed E-state index contributed by atoms with van der Waals surface area (Å²) in [4.78, 5) is 21.0. The molecule has 2 aromatic heterocycles. The number of nitrogens with zero attached hydrogens (tertiary/aromatic N) is 3. The Kier molecular flexibility index (Phi) is 6.25. The zero-order chi connectivity index (χ0) is 20.1. The van der Waals surface area contributed by atoms with Gasteiger partial charge in [0.05, 0.1) is 35.9 Å². The van der Waals surface area contributed by atoms with E-state index in [2.05, 4.69) is 32.6 Å². The van der Waals surface area contributed by atoms with Crippen molar-refractivity contribution in [2.75, 3.05) is 30.5 Å². The summed E-state index contributed by atoms with van der Waals surface area (Å²) in [7, 11) is 1.58. The maximum atomic E-state index is 10.5. The molecule has 0 aromatic carbocycles. The van der Waals surface area contributed by atoms with Gasteiger partial charge in [-0.25, -0.2) is 20.2 Å². The maximum Gasteiger partial charge on any atom is 0.423 e. The van der Waals surface area contributed by atoms with Crippen molar-refractivity contribution in [3.8, 4) is 11.8 Å². The van der Waals surface area contributed by atoms with Crippen LogP contribution in [0.15, 0.2) is 30.6 Å². The molecule has 1 aliphatic rings. The zero-order valence-electron chi connectivity index (χ0n) is 15.6. The van der Waals surface area contributed by atoms with Gasteiger partial charge < -0.3 is 19.5 Å². The van der Waals surface area contributed by atoms with Crippen molar-refractivity contribution in [2.45, 2.75) is 19.4 Å². The van der Waals surface area contributed by atoms with Crippen LogP contribution in [0.1, 0.15) is 13.3 Å². The normalized spacial score (nSPS) is 19.0. The molecule has 3 N–H and O–H groups in total. The number of carbonyl (C=O) groups is 1. The molecule has 1 aliphatic heterocycles. The highest BCUT2D eigenvalue weighted by Crippen LogP contribution is 2.32. The van der Waals surface area contributed by atoms with Gasteiger partial charge in [0, 0.05) is 37.6 Å². The first-order valence-corrected chi connectivity index (χ1v) is 9.16. The summed E-state index contributed by atoms with van der Waals surface area (Å²) in [6, 6.07) is 5.24. The molecule has 2 unspecified atom stereocenters. The highest BCUT2D eigenvalue weighted by Gasteiger charge is 2.29. The van der Waals surface area contributed by atoms with Crippen LogP contribution in [0, 0.1) is 5.92 Å². The number of anilines is 2. The van der Waals surface area contributed by atoms with Crippen molar-refractivity contribution in [1.82, 2.24) is 15.4 Å². The van der Waals surface area contributed by atoms with Crippen LogP contribution in [-0.2, 0) is 0 Å². The summed E-state index contributed by atoms with van der Waals surface area (Å²) in [6.45, 7) is 3.68. The lowest BCUT2D eigenvalue weighted by molar-refractivity contribution is 0.116. The fourth-order valence-electron chi connectivity index (χ4n) is 3.09. The number of hydrogen-bond acceptors (Lipinski definition) is 7. The molecule has 0 aliphatic carbocycles. The van der Waals surface area contributed by atoms with E-state index in [-0.39, 0.29) is 12.0 Å². The molecule has 2 atom stereocenters. The third-order valence-corrected chi connectivity index (χ3v) is 4.80. The lowest BCUT2D eigenvalue weighted by Crippen LogP contribution is -2.44. The van der Waals surface area contributed by atoms with E-state index >= 15 is 0 Å². The predicted octanol–water partition coefficient (Wildman–Crippen LogP) is 3.03. The lowest BCUT2D eigenvalue weighted by Gasteiger charge is -2.38. The number of amides is 1. The minimum Gasteiger partial charge on any atom is -0.481 e. The Balaban J connectivity index is 1.59. The predicted molar refractivity (Wildman–Crippen MR) is 105 cm³/mol. The Morgan fingerprint density at radius 3 is 2.75 bits per heavy atom. The molecule has 1 amide bonds. The second-order valence-corrected chi connectivity index (χ2v) is 6.89. The maximum absolute atomic E-state index is 10.5. The molecule has 0 spiro atoms. The smallest absolute Gasteiger partial charge is 0.423 e. The molecule has 0 bridgehead atoms. The van der Waals surface area contributed by atoms with Gasteiger partial charge in [-0.15, -0.1) is 0 Å². The fraction of sp³-hybridized carbons (Fsp3) is 0.389. The Morgan fingerprint density at radius 2 is 2.11 bits per heavy atom. The van der Waals surface area contributed by atoms with E-state index in [1.54, 1.807) is 25.4 Å². The number of hydrazine groups is 1. The van der Waals surface area contributed by atoms with Crippen LogP contribution >= 0.6 is 11.6 Å². The number of pyridine rings is 2. The molecule has 28 heavy (non-hydrogen) atoms. The highest BCUT2D eigenvalue weighted by atomic mass is 35.5. The lowest BCUT2D eigenvalue weighted by atomic mass is 9.96. The Hall–Kier alpha value is -2.94. The highest BCUT2D eigenvalue weighted by molar-refractivity contribution is 6.33. The Labute approximate surface area is 167 Å². The van der Waals surface area contributed by atoms with Gasteiger partial charge in [0.2, 0.25) is 11.8 Å². The molecule has 1 saturated heterocycles. The number of hydrogen-bond donors (Lipinski definition) is 3. The first-order valence-electron chi connectivity index (χ1n) is 8.78. The van der Waals surface area contributed by atoms with Crippen molar-refractivity contribution in [1.29, 1.82) is 0 Å². The first kappa shape index (κ1) is 19.8. The van der Waals surface area contributed by atoms with E-state index in [1.807, 2.05) is 6.07 Å². The van der Waals surface area contributed by atoms with Crippen molar-refractivity contribution in [3.05, 3.63) is 35.6 Å². The largest absolute Gasteiger partial charge is 0.481 e. The van der Waals surface area contributed by atoms with Crippen LogP contribution in [-0.4, -0.2) is 47.5 Å². The summed E-state index contributed by atoms with van der Waals surface area (Å²) >= 11 is 6.31. The van der Waals surface area contributed by atoms with E-state index in [0.717, 1.165) is 25.2 Å². The van der Waals surface area contributed by atoms with E-state index in [9.17, 15) is 4.79 Å². The van der Waals surface area contributed by atoms with E-state index in [0.29, 0.717) is 22.5 Å². The minimum atomic E-state index is -1.17. The molecule has 2 aromatic rings. The molecular weight excluding hydrogens is 386 g/mol. The topological polar surface area (TPSA) is 109 Å². The van der Waals surface area contributed by atoms with Crippen LogP contribution < -0.4 is 25.2 Å². The number of methoxy groups -OCH3 is 1. The van der Waals surface area contributed by atoms with Gasteiger partial charge in [0.25, 0.3) is 0 Å². The molecular formula is C18H22ClN5O4.